The Labute approximate surface area is 168 Å². The third-order valence-electron chi connectivity index (χ3n) is 2.61. The summed E-state index contributed by atoms with van der Waals surface area (Å²) in [6, 6.07) is 2.30. The van der Waals surface area contributed by atoms with Gasteiger partial charge >= 0.3 is 6.18 Å². The van der Waals surface area contributed by atoms with Crippen LogP contribution in [0.3, 0.4) is 0 Å². The van der Waals surface area contributed by atoms with E-state index in [1.807, 2.05) is 0 Å². The first kappa shape index (κ1) is 27.7. The Morgan fingerprint density at radius 3 is 1.96 bits per heavy atom. The predicted molar refractivity (Wildman–Crippen MR) is 98.1 cm³/mol. The smallest absolute Gasteiger partial charge is 0.391 e. The molecule has 0 spiro atoms. The number of halogens is 7. The van der Waals surface area contributed by atoms with E-state index >= 15 is 0 Å². The number of aliphatic hydroxyl groups excluding tert-OH is 1. The third-order valence-corrected chi connectivity index (χ3v) is 3.47. The molecule has 0 saturated heterocycles. The zero-order chi connectivity index (χ0) is 19.2. The van der Waals surface area contributed by atoms with Gasteiger partial charge in [-0.15, -0.1) is 0 Å². The van der Waals surface area contributed by atoms with Gasteiger partial charge in [0.1, 0.15) is 23.4 Å². The Bertz CT molecular complexity index is 748. The van der Waals surface area contributed by atoms with Crippen LogP contribution in [-0.4, -0.2) is 26.7 Å². The molecule has 12 heteroatoms. The number of hydrogen-bond donors (Lipinski definition) is 2. The first-order chi connectivity index (χ1) is 11.5. The maximum Gasteiger partial charge on any atom is 0.391 e. The first-order valence-corrected chi connectivity index (χ1v) is 8.11. The lowest BCUT2D eigenvalue weighted by atomic mass is 10.1. The van der Waals surface area contributed by atoms with Crippen molar-refractivity contribution in [3.8, 4) is 0 Å². The lowest BCUT2D eigenvalue weighted by Crippen LogP contribution is -2.15. The molecule has 2 heterocycles. The van der Waals surface area contributed by atoms with E-state index in [0.717, 1.165) is 12.3 Å². The minimum Gasteiger partial charge on any atom is -0.412 e. The van der Waals surface area contributed by atoms with Crippen LogP contribution in [0.1, 0.15) is 23.9 Å². The molecule has 0 amide bonds. The highest BCUT2D eigenvalue weighted by Gasteiger charge is 2.33. The van der Waals surface area contributed by atoms with Crippen molar-refractivity contribution in [3.63, 3.8) is 0 Å². The van der Waals surface area contributed by atoms with Crippen LogP contribution in [0.2, 0.25) is 0 Å². The van der Waals surface area contributed by atoms with Crippen molar-refractivity contribution in [2.24, 2.45) is 0 Å². The van der Waals surface area contributed by atoms with Gasteiger partial charge in [-0.25, -0.2) is 8.78 Å². The minimum atomic E-state index is -4.55. The molecular weight excluding hydrogens is 509 g/mol. The van der Waals surface area contributed by atoms with E-state index in [-0.39, 0.29) is 23.1 Å². The van der Waals surface area contributed by atoms with Crippen LogP contribution in [-0.2, 0) is 0 Å². The quantitative estimate of drug-likeness (QED) is 0.554. The van der Waals surface area contributed by atoms with E-state index in [0.29, 0.717) is 8.95 Å². The Balaban J connectivity index is 0. The fourth-order valence-corrected chi connectivity index (χ4v) is 2.17. The van der Waals surface area contributed by atoms with Crippen LogP contribution in [0.5, 0.6) is 0 Å². The van der Waals surface area contributed by atoms with Gasteiger partial charge in [0.05, 0.1) is 12.1 Å². The fraction of sp³-hybridized carbons (Fsp3) is 0.200. The van der Waals surface area contributed by atoms with Crippen LogP contribution in [0.25, 0.3) is 6.08 Å². The van der Waals surface area contributed by atoms with E-state index in [4.69, 9.17) is 5.11 Å². The molecule has 6 N–H and O–H groups in total. The summed E-state index contributed by atoms with van der Waals surface area (Å²) < 4.78 is 62.3. The number of aromatic nitrogens is 2. The monoisotopic (exact) mass is 523 g/mol. The molecule has 2 rings (SSSR count). The summed E-state index contributed by atoms with van der Waals surface area (Å²) in [7, 11) is 0. The molecule has 0 fully saturated rings. The summed E-state index contributed by atoms with van der Waals surface area (Å²) in [4.78, 5) is 7.15. The number of alkyl halides is 3. The van der Waals surface area contributed by atoms with Gasteiger partial charge in [-0.1, -0.05) is 6.58 Å². The van der Waals surface area contributed by atoms with Crippen molar-refractivity contribution in [1.82, 2.24) is 16.1 Å². The maximum atomic E-state index is 13.1. The summed E-state index contributed by atoms with van der Waals surface area (Å²) in [5.74, 6) is -1.33. The molecule has 27 heavy (non-hydrogen) atoms. The first-order valence-electron chi connectivity index (χ1n) is 6.52. The molecule has 152 valence electrons. The molecule has 0 saturated carbocycles. The van der Waals surface area contributed by atoms with Gasteiger partial charge < -0.3 is 16.7 Å². The highest BCUT2D eigenvalue weighted by atomic mass is 79.9. The summed E-state index contributed by atoms with van der Waals surface area (Å²) in [5, 5.41) is 9.09. The highest BCUT2D eigenvalue weighted by Crippen LogP contribution is 2.30. The molecule has 0 aromatic carbocycles. The van der Waals surface area contributed by atoms with Crippen molar-refractivity contribution < 1.29 is 32.5 Å². The molecule has 0 bridgehead atoms. The van der Waals surface area contributed by atoms with Crippen molar-refractivity contribution in [2.75, 3.05) is 0 Å². The highest BCUT2D eigenvalue weighted by molar-refractivity contribution is 9.10. The summed E-state index contributed by atoms with van der Waals surface area (Å²) in [6.45, 7) is 3.40. The molecule has 0 aliphatic heterocycles. The molecule has 0 aliphatic rings. The van der Waals surface area contributed by atoms with E-state index in [2.05, 4.69) is 48.4 Å². The van der Waals surface area contributed by atoms with Gasteiger partial charge in [0.2, 0.25) is 0 Å². The number of hydrogen-bond acceptors (Lipinski definition) is 4. The summed E-state index contributed by atoms with van der Waals surface area (Å²) in [6.07, 6.45) is -4.02. The lowest BCUT2D eigenvalue weighted by Gasteiger charge is -2.13. The Kier molecular flexibility index (Phi) is 12.4. The molecule has 1 unspecified atom stereocenters. The third kappa shape index (κ3) is 9.86. The maximum absolute atomic E-state index is 13.1. The number of aliphatic hydroxyl groups is 1. The van der Waals surface area contributed by atoms with E-state index in [1.165, 1.54) is 18.3 Å². The summed E-state index contributed by atoms with van der Waals surface area (Å²) >= 11 is 5.99. The SMILES string of the molecule is C=Cc1ncc(Br)cc1F.N.O.OC(CC(F)(F)F)c1ncc(Br)cc1F. The predicted octanol–water partition coefficient (Wildman–Crippen LogP) is 4.93. The molecule has 0 radical (unpaired) electrons. The van der Waals surface area contributed by atoms with Crippen LogP contribution < -0.4 is 6.15 Å². The Morgan fingerprint density at radius 2 is 1.56 bits per heavy atom. The molecular formula is C15H16Br2F5N3O2. The second-order valence-corrected chi connectivity index (χ2v) is 6.41. The topological polar surface area (TPSA) is 113 Å². The van der Waals surface area contributed by atoms with Crippen LogP contribution in [0.15, 0.2) is 40.1 Å². The zero-order valence-corrected chi connectivity index (χ0v) is 16.7. The summed E-state index contributed by atoms with van der Waals surface area (Å²) in [5.41, 5.74) is -0.321. The average Bonchev–Trinajstić information content (AvgIpc) is 2.46. The van der Waals surface area contributed by atoms with Gasteiger partial charge in [-0.2, -0.15) is 13.2 Å². The number of pyridine rings is 2. The second-order valence-electron chi connectivity index (χ2n) is 4.58. The second kappa shape index (κ2) is 12.1. The van der Waals surface area contributed by atoms with Crippen molar-refractivity contribution in [2.45, 2.75) is 18.7 Å². The largest absolute Gasteiger partial charge is 0.412 e. The average molecular weight is 525 g/mol. The zero-order valence-electron chi connectivity index (χ0n) is 13.6. The molecule has 1 atom stereocenters. The van der Waals surface area contributed by atoms with Gasteiger partial charge in [0, 0.05) is 21.3 Å². The van der Waals surface area contributed by atoms with Crippen molar-refractivity contribution in [3.05, 3.63) is 63.1 Å². The van der Waals surface area contributed by atoms with Crippen molar-refractivity contribution in [1.29, 1.82) is 0 Å². The van der Waals surface area contributed by atoms with Crippen molar-refractivity contribution >= 4 is 37.9 Å². The van der Waals surface area contributed by atoms with E-state index in [9.17, 15) is 22.0 Å². The Hall–Kier alpha value is -1.47. The minimum absolute atomic E-state index is 0. The van der Waals surface area contributed by atoms with Gasteiger partial charge in [-0.05, 0) is 50.1 Å². The standard InChI is InChI=1S/C8H6BrF4NO.C7H5BrFN.H3N.H2O/c9-4-1-5(10)7(14-3-4)6(15)2-8(11,12)13;1-2-7-6(9)3-5(8)4-10-7;;/h1,3,6,15H,2H2;2-4H,1H2;1H3;1H2. The van der Waals surface area contributed by atoms with Crippen LogP contribution in [0.4, 0.5) is 22.0 Å². The van der Waals surface area contributed by atoms with E-state index < -0.39 is 30.2 Å². The van der Waals surface area contributed by atoms with Gasteiger partial charge in [0.25, 0.3) is 0 Å². The van der Waals surface area contributed by atoms with Crippen LogP contribution >= 0.6 is 31.9 Å². The molecule has 2 aromatic rings. The van der Waals surface area contributed by atoms with Gasteiger partial charge in [-0.3, -0.25) is 9.97 Å². The Morgan fingerprint density at radius 1 is 1.07 bits per heavy atom. The molecule has 2 aromatic heterocycles. The number of rotatable bonds is 3. The lowest BCUT2D eigenvalue weighted by molar-refractivity contribution is -0.154. The van der Waals surface area contributed by atoms with Crippen LogP contribution in [0, 0.1) is 11.6 Å². The molecule has 5 nitrogen and oxygen atoms in total. The molecule has 0 aliphatic carbocycles. The fourth-order valence-electron chi connectivity index (χ4n) is 1.56. The number of nitrogens with zero attached hydrogens (tertiary/aromatic N) is 2. The van der Waals surface area contributed by atoms with Gasteiger partial charge in [0.15, 0.2) is 0 Å². The normalized spacial score (nSPS) is 11.3. The van der Waals surface area contributed by atoms with E-state index in [1.54, 1.807) is 0 Å².